The number of hydrogen-bond acceptors (Lipinski definition) is 2. The van der Waals surface area contributed by atoms with Gasteiger partial charge in [-0.1, -0.05) is 65.4 Å². The Bertz CT molecular complexity index is 246. The van der Waals surface area contributed by atoms with E-state index in [-0.39, 0.29) is 5.97 Å². The predicted octanol–water partition coefficient (Wildman–Crippen LogP) is 5.27. The van der Waals surface area contributed by atoms with Crippen LogP contribution in [0.1, 0.15) is 78.6 Å². The molecular formula is C17H32O2. The van der Waals surface area contributed by atoms with Crippen LogP contribution in [0.25, 0.3) is 0 Å². The second-order valence-electron chi connectivity index (χ2n) is 5.59. The van der Waals surface area contributed by atoms with Crippen molar-refractivity contribution in [3.63, 3.8) is 0 Å². The van der Waals surface area contributed by atoms with Gasteiger partial charge in [0.15, 0.2) is 0 Å². The van der Waals surface area contributed by atoms with Crippen molar-refractivity contribution in [3.05, 3.63) is 12.2 Å². The van der Waals surface area contributed by atoms with Gasteiger partial charge in [0.05, 0.1) is 6.61 Å². The Kier molecular flexibility index (Phi) is 11.7. The van der Waals surface area contributed by atoms with Crippen LogP contribution in [0, 0.1) is 5.92 Å². The molecule has 0 spiro atoms. The zero-order chi connectivity index (χ0) is 14.5. The number of esters is 1. The van der Waals surface area contributed by atoms with Gasteiger partial charge in [0.25, 0.3) is 0 Å². The normalized spacial score (nSPS) is 12.2. The van der Waals surface area contributed by atoms with Gasteiger partial charge in [-0.15, -0.1) is 0 Å². The van der Waals surface area contributed by atoms with Gasteiger partial charge in [-0.2, -0.15) is 0 Å². The van der Waals surface area contributed by atoms with Crippen molar-refractivity contribution in [1.29, 1.82) is 0 Å². The SMILES string of the molecule is C=C(C)C(=O)OCC(CCCCC)CCCCCC. The lowest BCUT2D eigenvalue weighted by atomic mass is 9.95. The molecule has 0 amide bonds. The number of hydrogen-bond donors (Lipinski definition) is 0. The maximum atomic E-state index is 11.4. The predicted molar refractivity (Wildman–Crippen MR) is 82.2 cm³/mol. The first-order valence-corrected chi connectivity index (χ1v) is 7.94. The van der Waals surface area contributed by atoms with E-state index in [4.69, 9.17) is 4.74 Å². The topological polar surface area (TPSA) is 26.3 Å². The van der Waals surface area contributed by atoms with Crippen LogP contribution in [-0.2, 0) is 9.53 Å². The van der Waals surface area contributed by atoms with Crippen LogP contribution in [-0.4, -0.2) is 12.6 Å². The number of rotatable bonds is 12. The molecule has 0 aromatic carbocycles. The molecule has 112 valence electrons. The van der Waals surface area contributed by atoms with Crippen molar-refractivity contribution in [2.45, 2.75) is 78.6 Å². The van der Waals surface area contributed by atoms with Gasteiger partial charge >= 0.3 is 5.97 Å². The summed E-state index contributed by atoms with van der Waals surface area (Å²) in [7, 11) is 0. The first kappa shape index (κ1) is 18.2. The lowest BCUT2D eigenvalue weighted by molar-refractivity contribution is -0.140. The van der Waals surface area contributed by atoms with E-state index in [1.165, 1.54) is 57.8 Å². The first-order chi connectivity index (χ1) is 9.11. The summed E-state index contributed by atoms with van der Waals surface area (Å²) in [6.07, 6.45) is 11.3. The molecule has 0 heterocycles. The smallest absolute Gasteiger partial charge is 0.333 e. The molecule has 0 aliphatic carbocycles. The van der Waals surface area contributed by atoms with Crippen LogP contribution in [0.5, 0.6) is 0 Å². The molecular weight excluding hydrogens is 236 g/mol. The number of unbranched alkanes of at least 4 members (excludes halogenated alkanes) is 5. The molecule has 0 fully saturated rings. The Morgan fingerprint density at radius 1 is 1.00 bits per heavy atom. The van der Waals surface area contributed by atoms with Crippen molar-refractivity contribution < 1.29 is 9.53 Å². The maximum Gasteiger partial charge on any atom is 0.333 e. The van der Waals surface area contributed by atoms with E-state index in [9.17, 15) is 4.79 Å². The fraction of sp³-hybridized carbons (Fsp3) is 0.824. The first-order valence-electron chi connectivity index (χ1n) is 7.94. The van der Waals surface area contributed by atoms with Crippen molar-refractivity contribution in [3.8, 4) is 0 Å². The van der Waals surface area contributed by atoms with E-state index in [0.29, 0.717) is 18.1 Å². The van der Waals surface area contributed by atoms with Gasteiger partial charge in [-0.3, -0.25) is 0 Å². The Morgan fingerprint density at radius 3 is 2.05 bits per heavy atom. The molecule has 0 N–H and O–H groups in total. The standard InChI is InChI=1S/C17H32O2/c1-5-7-9-11-13-16(12-10-8-6-2)14-19-17(18)15(3)4/h16H,3,5-14H2,1-2,4H3. The molecule has 0 aliphatic heterocycles. The van der Waals surface area contributed by atoms with Crippen LogP contribution >= 0.6 is 0 Å². The third-order valence-electron chi connectivity index (χ3n) is 3.48. The van der Waals surface area contributed by atoms with Crippen molar-refractivity contribution in [2.75, 3.05) is 6.61 Å². The molecule has 19 heavy (non-hydrogen) atoms. The average molecular weight is 268 g/mol. The highest BCUT2D eigenvalue weighted by molar-refractivity contribution is 5.86. The molecule has 2 nitrogen and oxygen atoms in total. The van der Waals surface area contributed by atoms with Gasteiger partial charge in [-0.25, -0.2) is 4.79 Å². The summed E-state index contributed by atoms with van der Waals surface area (Å²) in [5, 5.41) is 0. The van der Waals surface area contributed by atoms with Crippen molar-refractivity contribution in [2.24, 2.45) is 5.92 Å². The Morgan fingerprint density at radius 2 is 1.53 bits per heavy atom. The second kappa shape index (κ2) is 12.3. The fourth-order valence-electron chi connectivity index (χ4n) is 2.17. The highest BCUT2D eigenvalue weighted by Gasteiger charge is 2.12. The largest absolute Gasteiger partial charge is 0.462 e. The van der Waals surface area contributed by atoms with Gasteiger partial charge in [0.1, 0.15) is 0 Å². The molecule has 1 unspecified atom stereocenters. The third-order valence-corrected chi connectivity index (χ3v) is 3.48. The van der Waals surface area contributed by atoms with Crippen LogP contribution in [0.4, 0.5) is 0 Å². The molecule has 0 rings (SSSR count). The van der Waals surface area contributed by atoms with Gasteiger partial charge in [0.2, 0.25) is 0 Å². The third kappa shape index (κ3) is 10.8. The molecule has 0 saturated carbocycles. The monoisotopic (exact) mass is 268 g/mol. The fourth-order valence-corrected chi connectivity index (χ4v) is 2.17. The molecule has 0 radical (unpaired) electrons. The van der Waals surface area contributed by atoms with Gasteiger partial charge in [0, 0.05) is 5.57 Å². The van der Waals surface area contributed by atoms with Crippen LogP contribution < -0.4 is 0 Å². The number of ether oxygens (including phenoxy) is 1. The van der Waals surface area contributed by atoms with Crippen LogP contribution in [0.15, 0.2) is 12.2 Å². The number of carbonyl (C=O) groups excluding carboxylic acids is 1. The zero-order valence-electron chi connectivity index (χ0n) is 13.2. The summed E-state index contributed by atoms with van der Waals surface area (Å²) in [4.78, 5) is 11.4. The average Bonchev–Trinajstić information content (AvgIpc) is 2.39. The summed E-state index contributed by atoms with van der Waals surface area (Å²) < 4.78 is 5.31. The van der Waals surface area contributed by atoms with Crippen molar-refractivity contribution >= 4 is 5.97 Å². The van der Waals surface area contributed by atoms with E-state index in [1.807, 2.05) is 0 Å². The van der Waals surface area contributed by atoms with Crippen LogP contribution in [0.2, 0.25) is 0 Å². The van der Waals surface area contributed by atoms with E-state index in [1.54, 1.807) is 6.92 Å². The molecule has 0 aromatic heterocycles. The minimum absolute atomic E-state index is 0.242. The highest BCUT2D eigenvalue weighted by Crippen LogP contribution is 2.18. The summed E-state index contributed by atoms with van der Waals surface area (Å²) in [5.74, 6) is 0.292. The molecule has 0 aliphatic rings. The Balaban J connectivity index is 3.94. The lowest BCUT2D eigenvalue weighted by Crippen LogP contribution is -2.15. The lowest BCUT2D eigenvalue weighted by Gasteiger charge is -2.17. The maximum absolute atomic E-state index is 11.4. The Hall–Kier alpha value is -0.790. The van der Waals surface area contributed by atoms with E-state index in [0.717, 1.165) is 0 Å². The molecule has 1 atom stereocenters. The highest BCUT2D eigenvalue weighted by atomic mass is 16.5. The zero-order valence-corrected chi connectivity index (χ0v) is 13.2. The second-order valence-corrected chi connectivity index (χ2v) is 5.59. The summed E-state index contributed by atoms with van der Waals surface area (Å²) >= 11 is 0. The summed E-state index contributed by atoms with van der Waals surface area (Å²) in [6.45, 7) is 10.3. The van der Waals surface area contributed by atoms with Gasteiger partial charge in [-0.05, 0) is 25.7 Å². The Labute approximate surface area is 119 Å². The molecule has 0 bridgehead atoms. The summed E-state index contributed by atoms with van der Waals surface area (Å²) in [5.41, 5.74) is 0.498. The summed E-state index contributed by atoms with van der Waals surface area (Å²) in [6, 6.07) is 0. The molecule has 2 heteroatoms. The van der Waals surface area contributed by atoms with E-state index >= 15 is 0 Å². The number of carbonyl (C=O) groups is 1. The minimum atomic E-state index is -0.242. The van der Waals surface area contributed by atoms with E-state index in [2.05, 4.69) is 20.4 Å². The van der Waals surface area contributed by atoms with Gasteiger partial charge < -0.3 is 4.74 Å². The van der Waals surface area contributed by atoms with E-state index < -0.39 is 0 Å². The molecule has 0 aromatic rings. The van der Waals surface area contributed by atoms with Crippen LogP contribution in [0.3, 0.4) is 0 Å². The van der Waals surface area contributed by atoms with Crippen molar-refractivity contribution in [1.82, 2.24) is 0 Å². The quantitative estimate of drug-likeness (QED) is 0.274. The molecule has 0 saturated heterocycles. The minimum Gasteiger partial charge on any atom is -0.462 e.